The topological polar surface area (TPSA) is 127 Å². The third-order valence-electron chi connectivity index (χ3n) is 2.69. The van der Waals surface area contributed by atoms with E-state index in [1.807, 2.05) is 0 Å². The SMILES string of the molecule is O=C(O)COC(=O)c1cccc(CCC[PH](=O)OCC(=O)O)c1. The van der Waals surface area contributed by atoms with Crippen molar-refractivity contribution in [3.63, 3.8) is 0 Å². The molecule has 126 valence electrons. The first-order valence-corrected chi connectivity index (χ1v) is 8.26. The van der Waals surface area contributed by atoms with E-state index in [4.69, 9.17) is 10.2 Å². The molecule has 0 amide bonds. The maximum Gasteiger partial charge on any atom is 0.341 e. The zero-order valence-electron chi connectivity index (χ0n) is 12.2. The predicted octanol–water partition coefficient (Wildman–Crippen LogP) is 1.44. The van der Waals surface area contributed by atoms with Crippen molar-refractivity contribution in [2.75, 3.05) is 19.4 Å². The summed E-state index contributed by atoms with van der Waals surface area (Å²) in [5.74, 6) is -3.13. The van der Waals surface area contributed by atoms with E-state index >= 15 is 0 Å². The fourth-order valence-electron chi connectivity index (χ4n) is 1.72. The maximum absolute atomic E-state index is 11.6. The Morgan fingerprint density at radius 3 is 2.43 bits per heavy atom. The van der Waals surface area contributed by atoms with Crippen LogP contribution in [-0.2, 0) is 29.8 Å². The second-order valence-electron chi connectivity index (χ2n) is 4.58. The Balaban J connectivity index is 2.44. The normalized spacial score (nSPS) is 11.7. The first kappa shape index (κ1) is 18.9. The summed E-state index contributed by atoms with van der Waals surface area (Å²) in [4.78, 5) is 32.2. The van der Waals surface area contributed by atoms with Crippen LogP contribution in [0.15, 0.2) is 24.3 Å². The number of carbonyl (C=O) groups excluding carboxylic acids is 1. The minimum absolute atomic E-state index is 0.235. The first-order chi connectivity index (χ1) is 10.9. The lowest BCUT2D eigenvalue weighted by atomic mass is 10.1. The van der Waals surface area contributed by atoms with Crippen molar-refractivity contribution in [3.05, 3.63) is 35.4 Å². The highest BCUT2D eigenvalue weighted by atomic mass is 31.1. The van der Waals surface area contributed by atoms with Gasteiger partial charge < -0.3 is 19.5 Å². The van der Waals surface area contributed by atoms with Gasteiger partial charge in [0.1, 0.15) is 0 Å². The van der Waals surface area contributed by atoms with Crippen molar-refractivity contribution in [1.29, 1.82) is 0 Å². The molecule has 0 bridgehead atoms. The number of aliphatic carboxylic acids is 2. The minimum Gasteiger partial charge on any atom is -0.480 e. The molecular weight excluding hydrogens is 327 g/mol. The van der Waals surface area contributed by atoms with E-state index < -0.39 is 39.1 Å². The van der Waals surface area contributed by atoms with Crippen LogP contribution < -0.4 is 0 Å². The fraction of sp³-hybridized carbons (Fsp3) is 0.357. The van der Waals surface area contributed by atoms with Gasteiger partial charge in [-0.25, -0.2) is 14.4 Å². The number of esters is 1. The molecule has 1 aromatic carbocycles. The zero-order chi connectivity index (χ0) is 17.2. The number of rotatable bonds is 10. The number of carbonyl (C=O) groups is 3. The molecule has 1 atom stereocenters. The minimum atomic E-state index is -2.39. The molecule has 0 saturated carbocycles. The Kier molecular flexibility index (Phi) is 8.01. The van der Waals surface area contributed by atoms with Crippen LogP contribution in [0.25, 0.3) is 0 Å². The number of carboxylic acid groups (broad SMARTS) is 2. The van der Waals surface area contributed by atoms with Gasteiger partial charge in [0.05, 0.1) is 5.56 Å². The van der Waals surface area contributed by atoms with Crippen LogP contribution in [0, 0.1) is 0 Å². The third-order valence-corrected chi connectivity index (χ3v) is 3.92. The molecule has 0 aliphatic heterocycles. The van der Waals surface area contributed by atoms with E-state index in [-0.39, 0.29) is 11.7 Å². The molecule has 0 radical (unpaired) electrons. The Hall–Kier alpha value is -2.18. The van der Waals surface area contributed by atoms with Gasteiger partial charge >= 0.3 is 17.9 Å². The third kappa shape index (κ3) is 8.13. The summed E-state index contributed by atoms with van der Waals surface area (Å²) in [6.45, 7) is -1.28. The van der Waals surface area contributed by atoms with Crippen LogP contribution in [0.5, 0.6) is 0 Å². The number of carboxylic acids is 2. The van der Waals surface area contributed by atoms with Crippen LogP contribution in [0.4, 0.5) is 0 Å². The summed E-state index contributed by atoms with van der Waals surface area (Å²) < 4.78 is 20.7. The van der Waals surface area contributed by atoms with Crippen molar-refractivity contribution in [1.82, 2.24) is 0 Å². The van der Waals surface area contributed by atoms with Crippen molar-refractivity contribution in [3.8, 4) is 0 Å². The van der Waals surface area contributed by atoms with E-state index in [9.17, 15) is 18.9 Å². The number of hydrogen-bond donors (Lipinski definition) is 2. The summed E-state index contributed by atoms with van der Waals surface area (Å²) in [7, 11) is -2.39. The molecule has 0 aliphatic carbocycles. The van der Waals surface area contributed by atoms with Crippen LogP contribution in [0.2, 0.25) is 0 Å². The van der Waals surface area contributed by atoms with E-state index in [1.165, 1.54) is 6.07 Å². The van der Waals surface area contributed by atoms with Crippen LogP contribution in [-0.4, -0.2) is 47.5 Å². The molecule has 1 aromatic rings. The molecule has 0 aliphatic rings. The molecule has 1 unspecified atom stereocenters. The summed E-state index contributed by atoms with van der Waals surface area (Å²) >= 11 is 0. The van der Waals surface area contributed by atoms with E-state index in [0.717, 1.165) is 5.56 Å². The van der Waals surface area contributed by atoms with Crippen molar-refractivity contribution in [2.24, 2.45) is 0 Å². The second-order valence-corrected chi connectivity index (χ2v) is 6.11. The molecule has 9 heteroatoms. The summed E-state index contributed by atoms with van der Waals surface area (Å²) in [5, 5.41) is 16.9. The van der Waals surface area contributed by atoms with Crippen molar-refractivity contribution < 1.29 is 38.4 Å². The second kappa shape index (κ2) is 9.76. The van der Waals surface area contributed by atoms with Crippen molar-refractivity contribution >= 4 is 25.9 Å². The van der Waals surface area contributed by atoms with E-state index in [1.54, 1.807) is 18.2 Å². The van der Waals surface area contributed by atoms with Gasteiger partial charge in [0, 0.05) is 6.16 Å². The Labute approximate surface area is 132 Å². The Morgan fingerprint density at radius 2 is 1.78 bits per heavy atom. The standard InChI is InChI=1S/C14H17O8P/c15-12(16)8-21-14(19)11-5-1-3-10(7-11)4-2-6-23(20)22-9-13(17)18/h1,3,5,7,23H,2,4,6,8-9H2,(H,15,16)(H,17,18). The number of ether oxygens (including phenoxy) is 1. The summed E-state index contributed by atoms with van der Waals surface area (Å²) in [6, 6.07) is 6.48. The van der Waals surface area contributed by atoms with Gasteiger partial charge in [0.15, 0.2) is 21.2 Å². The first-order valence-electron chi connectivity index (χ1n) is 6.73. The lowest BCUT2D eigenvalue weighted by Crippen LogP contribution is -2.13. The molecule has 23 heavy (non-hydrogen) atoms. The van der Waals surface area contributed by atoms with Gasteiger partial charge in [-0.05, 0) is 30.5 Å². The summed E-state index contributed by atoms with van der Waals surface area (Å²) in [6.07, 6.45) is 1.27. The highest BCUT2D eigenvalue weighted by Crippen LogP contribution is 2.23. The van der Waals surface area contributed by atoms with Crippen LogP contribution in [0.3, 0.4) is 0 Å². The molecule has 1 rings (SSSR count). The van der Waals surface area contributed by atoms with Crippen molar-refractivity contribution in [2.45, 2.75) is 12.8 Å². The smallest absolute Gasteiger partial charge is 0.341 e. The fourth-order valence-corrected chi connectivity index (χ4v) is 2.61. The number of hydrogen-bond acceptors (Lipinski definition) is 6. The lowest BCUT2D eigenvalue weighted by molar-refractivity contribution is -0.140. The van der Waals surface area contributed by atoms with Crippen LogP contribution in [0.1, 0.15) is 22.3 Å². The van der Waals surface area contributed by atoms with Gasteiger partial charge in [0.25, 0.3) is 0 Å². The van der Waals surface area contributed by atoms with Gasteiger partial charge in [0.2, 0.25) is 0 Å². The quantitative estimate of drug-likeness (QED) is 0.482. The molecule has 0 spiro atoms. The Morgan fingerprint density at radius 1 is 1.09 bits per heavy atom. The van der Waals surface area contributed by atoms with Gasteiger partial charge in [-0.15, -0.1) is 0 Å². The summed E-state index contributed by atoms with van der Waals surface area (Å²) in [5.41, 5.74) is 1.03. The molecule has 8 nitrogen and oxygen atoms in total. The highest BCUT2D eigenvalue weighted by molar-refractivity contribution is 7.39. The average Bonchev–Trinajstić information content (AvgIpc) is 2.51. The van der Waals surface area contributed by atoms with Gasteiger partial charge in [-0.3, -0.25) is 4.57 Å². The van der Waals surface area contributed by atoms with E-state index in [0.29, 0.717) is 12.8 Å². The monoisotopic (exact) mass is 344 g/mol. The Bertz CT molecular complexity index is 598. The highest BCUT2D eigenvalue weighted by Gasteiger charge is 2.10. The zero-order valence-corrected chi connectivity index (χ0v) is 13.2. The predicted molar refractivity (Wildman–Crippen MR) is 80.1 cm³/mol. The largest absolute Gasteiger partial charge is 0.480 e. The molecule has 2 N–H and O–H groups in total. The molecule has 0 saturated heterocycles. The molecular formula is C14H17O8P. The lowest BCUT2D eigenvalue weighted by Gasteiger charge is -2.06. The average molecular weight is 344 g/mol. The maximum atomic E-state index is 11.6. The number of aryl methyl sites for hydroxylation is 1. The van der Waals surface area contributed by atoms with E-state index in [2.05, 4.69) is 9.26 Å². The molecule has 0 aromatic heterocycles. The number of benzene rings is 1. The molecule has 0 heterocycles. The van der Waals surface area contributed by atoms with Gasteiger partial charge in [-0.2, -0.15) is 0 Å². The molecule has 0 fully saturated rings. The van der Waals surface area contributed by atoms with Gasteiger partial charge in [-0.1, -0.05) is 12.1 Å². The van der Waals surface area contributed by atoms with Crippen LogP contribution >= 0.6 is 8.03 Å².